The van der Waals surface area contributed by atoms with Gasteiger partial charge in [-0.2, -0.15) is 5.10 Å². The summed E-state index contributed by atoms with van der Waals surface area (Å²) < 4.78 is 12.4. The van der Waals surface area contributed by atoms with Crippen LogP contribution in [0.15, 0.2) is 30.5 Å². The number of aromatic nitrogens is 2. The summed E-state index contributed by atoms with van der Waals surface area (Å²) in [6.07, 6.45) is 1.77. The van der Waals surface area contributed by atoms with E-state index < -0.39 is 0 Å². The number of benzene rings is 1. The molecule has 0 amide bonds. The Labute approximate surface area is 112 Å². The predicted octanol–water partition coefficient (Wildman–Crippen LogP) is 1.91. The topological polar surface area (TPSA) is 62.3 Å². The molecule has 102 valence electrons. The first-order valence-electron chi connectivity index (χ1n) is 6.11. The molecule has 5 heteroatoms. The van der Waals surface area contributed by atoms with E-state index in [1.807, 2.05) is 35.9 Å². The maximum atomic E-state index is 6.24. The number of nitrogens with zero attached hydrogens (tertiary/aromatic N) is 2. The Morgan fingerprint density at radius 1 is 1.26 bits per heavy atom. The minimum atomic E-state index is -0.181. The number of methoxy groups -OCH3 is 2. The predicted molar refractivity (Wildman–Crippen MR) is 73.4 cm³/mol. The van der Waals surface area contributed by atoms with Crippen LogP contribution in [0.4, 0.5) is 0 Å². The minimum absolute atomic E-state index is 0.181. The van der Waals surface area contributed by atoms with Crippen molar-refractivity contribution < 1.29 is 9.47 Å². The summed E-state index contributed by atoms with van der Waals surface area (Å²) in [6, 6.07) is 7.43. The van der Waals surface area contributed by atoms with Crippen LogP contribution < -0.4 is 15.2 Å². The monoisotopic (exact) mass is 261 g/mol. The second-order valence-electron chi connectivity index (χ2n) is 4.37. The molecule has 0 aliphatic heterocycles. The minimum Gasteiger partial charge on any atom is -0.497 e. The van der Waals surface area contributed by atoms with Crippen molar-refractivity contribution in [2.75, 3.05) is 14.2 Å². The zero-order valence-electron chi connectivity index (χ0n) is 11.5. The fraction of sp³-hybridized carbons (Fsp3) is 0.357. The third-order valence-corrected chi connectivity index (χ3v) is 3.14. The number of ether oxygens (including phenoxy) is 2. The number of hydrogen-bond donors (Lipinski definition) is 1. The molecule has 1 atom stereocenters. The zero-order valence-corrected chi connectivity index (χ0v) is 11.5. The van der Waals surface area contributed by atoms with Crippen molar-refractivity contribution in [1.82, 2.24) is 9.78 Å². The van der Waals surface area contributed by atoms with E-state index >= 15 is 0 Å². The molecule has 0 aliphatic rings. The Balaban J connectivity index is 2.23. The molecule has 2 aromatic rings. The van der Waals surface area contributed by atoms with Crippen molar-refractivity contribution in [1.29, 1.82) is 0 Å². The molecule has 1 unspecified atom stereocenters. The Morgan fingerprint density at radius 3 is 2.63 bits per heavy atom. The fourth-order valence-electron chi connectivity index (χ4n) is 2.00. The highest BCUT2D eigenvalue weighted by molar-refractivity contribution is 5.42. The molecule has 0 fully saturated rings. The first-order chi connectivity index (χ1) is 9.15. The van der Waals surface area contributed by atoms with E-state index in [1.54, 1.807) is 20.4 Å². The van der Waals surface area contributed by atoms with Crippen LogP contribution in [0.25, 0.3) is 0 Å². The van der Waals surface area contributed by atoms with Crippen molar-refractivity contribution in [3.05, 3.63) is 41.7 Å². The Bertz CT molecular complexity index is 551. The second kappa shape index (κ2) is 5.75. The van der Waals surface area contributed by atoms with Gasteiger partial charge >= 0.3 is 0 Å². The van der Waals surface area contributed by atoms with Gasteiger partial charge in [-0.3, -0.25) is 4.68 Å². The smallest absolute Gasteiger partial charge is 0.127 e. The molecule has 0 aliphatic carbocycles. The van der Waals surface area contributed by atoms with E-state index in [1.165, 1.54) is 0 Å². The van der Waals surface area contributed by atoms with Gasteiger partial charge in [0.2, 0.25) is 0 Å². The number of aryl methyl sites for hydroxylation is 1. The lowest BCUT2D eigenvalue weighted by Gasteiger charge is -2.17. The summed E-state index contributed by atoms with van der Waals surface area (Å²) in [6.45, 7) is 2.62. The molecule has 0 bridgehead atoms. The maximum absolute atomic E-state index is 6.24. The third kappa shape index (κ3) is 2.88. The summed E-state index contributed by atoms with van der Waals surface area (Å²) >= 11 is 0. The van der Waals surface area contributed by atoms with Crippen molar-refractivity contribution in [3.8, 4) is 11.5 Å². The van der Waals surface area contributed by atoms with E-state index in [0.29, 0.717) is 6.54 Å². The summed E-state index contributed by atoms with van der Waals surface area (Å²) in [5, 5.41) is 4.24. The van der Waals surface area contributed by atoms with E-state index in [-0.39, 0.29) is 6.04 Å². The fourth-order valence-corrected chi connectivity index (χ4v) is 2.00. The lowest BCUT2D eigenvalue weighted by molar-refractivity contribution is 0.385. The standard InChI is InChI=1S/C14H19N3O2/c1-10-6-7-16-17(10)9-13(15)12-5-4-11(18-2)8-14(12)19-3/h4-8,13H,9,15H2,1-3H3. The highest BCUT2D eigenvalue weighted by Crippen LogP contribution is 2.29. The van der Waals surface area contributed by atoms with Crippen LogP contribution in [-0.2, 0) is 6.54 Å². The van der Waals surface area contributed by atoms with E-state index in [2.05, 4.69) is 5.10 Å². The van der Waals surface area contributed by atoms with Crippen molar-refractivity contribution in [3.63, 3.8) is 0 Å². The van der Waals surface area contributed by atoms with Gasteiger partial charge in [0.1, 0.15) is 11.5 Å². The molecular weight excluding hydrogens is 242 g/mol. The molecule has 2 rings (SSSR count). The molecule has 1 aromatic carbocycles. The van der Waals surface area contributed by atoms with Gasteiger partial charge in [-0.25, -0.2) is 0 Å². The largest absolute Gasteiger partial charge is 0.497 e. The molecule has 0 radical (unpaired) electrons. The number of rotatable bonds is 5. The highest BCUT2D eigenvalue weighted by Gasteiger charge is 2.14. The quantitative estimate of drug-likeness (QED) is 0.893. The van der Waals surface area contributed by atoms with E-state index in [0.717, 1.165) is 22.8 Å². The van der Waals surface area contributed by atoms with Gasteiger partial charge in [0.25, 0.3) is 0 Å². The molecule has 0 saturated heterocycles. The van der Waals surface area contributed by atoms with E-state index in [9.17, 15) is 0 Å². The van der Waals surface area contributed by atoms with Crippen LogP contribution in [0, 0.1) is 6.92 Å². The lowest BCUT2D eigenvalue weighted by atomic mass is 10.1. The first kappa shape index (κ1) is 13.4. The van der Waals surface area contributed by atoms with E-state index in [4.69, 9.17) is 15.2 Å². The summed E-state index contributed by atoms with van der Waals surface area (Å²) in [5.41, 5.74) is 8.27. The second-order valence-corrected chi connectivity index (χ2v) is 4.37. The lowest BCUT2D eigenvalue weighted by Crippen LogP contribution is -2.19. The van der Waals surface area contributed by atoms with Crippen molar-refractivity contribution in [2.24, 2.45) is 5.73 Å². The Kier molecular flexibility index (Phi) is 4.06. The normalized spacial score (nSPS) is 12.2. The third-order valence-electron chi connectivity index (χ3n) is 3.14. The zero-order chi connectivity index (χ0) is 13.8. The average molecular weight is 261 g/mol. The van der Waals surface area contributed by atoms with Gasteiger partial charge in [0, 0.05) is 23.5 Å². The van der Waals surface area contributed by atoms with Gasteiger partial charge in [0.05, 0.1) is 26.8 Å². The number of nitrogens with two attached hydrogens (primary N) is 1. The molecule has 1 aromatic heterocycles. The van der Waals surface area contributed by atoms with Crippen LogP contribution in [0.2, 0.25) is 0 Å². The van der Waals surface area contributed by atoms with Crippen LogP contribution in [0.3, 0.4) is 0 Å². The SMILES string of the molecule is COc1ccc(C(N)Cn2nccc2C)c(OC)c1. The van der Waals surface area contributed by atoms with Crippen LogP contribution in [-0.4, -0.2) is 24.0 Å². The summed E-state index contributed by atoms with van der Waals surface area (Å²) in [7, 11) is 3.26. The molecule has 2 N–H and O–H groups in total. The van der Waals surface area contributed by atoms with Gasteiger partial charge in [0.15, 0.2) is 0 Å². The molecule has 0 saturated carbocycles. The molecule has 0 spiro atoms. The Morgan fingerprint density at radius 2 is 2.05 bits per heavy atom. The Hall–Kier alpha value is -2.01. The maximum Gasteiger partial charge on any atom is 0.127 e. The van der Waals surface area contributed by atoms with Crippen LogP contribution >= 0.6 is 0 Å². The van der Waals surface area contributed by atoms with Crippen LogP contribution in [0.5, 0.6) is 11.5 Å². The van der Waals surface area contributed by atoms with Gasteiger partial charge < -0.3 is 15.2 Å². The highest BCUT2D eigenvalue weighted by atomic mass is 16.5. The van der Waals surface area contributed by atoms with Gasteiger partial charge in [-0.05, 0) is 19.1 Å². The van der Waals surface area contributed by atoms with Crippen molar-refractivity contribution in [2.45, 2.75) is 19.5 Å². The molecular formula is C14H19N3O2. The first-order valence-corrected chi connectivity index (χ1v) is 6.11. The average Bonchev–Trinajstić information content (AvgIpc) is 2.83. The number of hydrogen-bond acceptors (Lipinski definition) is 4. The van der Waals surface area contributed by atoms with Crippen molar-refractivity contribution >= 4 is 0 Å². The molecule has 5 nitrogen and oxygen atoms in total. The molecule has 1 heterocycles. The molecule has 19 heavy (non-hydrogen) atoms. The summed E-state index contributed by atoms with van der Waals surface area (Å²) in [4.78, 5) is 0. The van der Waals surface area contributed by atoms with Gasteiger partial charge in [-0.15, -0.1) is 0 Å². The van der Waals surface area contributed by atoms with Gasteiger partial charge in [-0.1, -0.05) is 6.07 Å². The van der Waals surface area contributed by atoms with Crippen LogP contribution in [0.1, 0.15) is 17.3 Å². The summed E-state index contributed by atoms with van der Waals surface area (Å²) in [5.74, 6) is 1.49.